The molecule has 4 aromatic carbocycles. The molecule has 1 aliphatic rings. The molecule has 1 saturated heterocycles. The standard InChI is InChI=1S/2C21H26N2O4.C4H8O.U/c2*1-21(2,13-22-11-15-7-5-9-17(26-3)19(15)24)14-23-12-16-8-6-10-18(27-4)20(16)25;1-2-4-5-3-1;/h2*5-12,24-25H,13-14H2,1-4H3;1-4H2;/q;;;+4/p-4. The van der Waals surface area contributed by atoms with Crippen molar-refractivity contribution < 1.29 is 75.2 Å². The molecule has 0 aromatic heterocycles. The zero-order chi connectivity index (χ0) is 43.3. The van der Waals surface area contributed by atoms with Gasteiger partial charge in [-0.25, -0.2) is 0 Å². The maximum atomic E-state index is 12.1. The van der Waals surface area contributed by atoms with Crippen molar-refractivity contribution in [1.82, 2.24) is 0 Å². The van der Waals surface area contributed by atoms with Gasteiger partial charge in [0.2, 0.25) is 0 Å². The number of rotatable bonds is 16. The van der Waals surface area contributed by atoms with Gasteiger partial charge in [0, 0.05) is 75.1 Å². The Kier molecular flexibility index (Phi) is 22.4. The molecular formula is C46H56N4O9U. The van der Waals surface area contributed by atoms with Crippen LogP contribution in [0.2, 0.25) is 0 Å². The molecule has 4 aromatic rings. The zero-order valence-electron chi connectivity index (χ0n) is 35.9. The number of nitrogens with zero attached hydrogens (tertiary/aromatic N) is 4. The van der Waals surface area contributed by atoms with Crippen LogP contribution < -0.4 is 39.4 Å². The second kappa shape index (κ2) is 26.2. The van der Waals surface area contributed by atoms with Gasteiger partial charge in [-0.1, -0.05) is 99.2 Å². The predicted octanol–water partition coefficient (Wildman–Crippen LogP) is 5.63. The van der Waals surface area contributed by atoms with Crippen LogP contribution in [0.1, 0.15) is 62.8 Å². The fraction of sp³-hybridized carbons (Fsp3) is 0.391. The summed E-state index contributed by atoms with van der Waals surface area (Å²) in [6, 6.07) is 20.4. The van der Waals surface area contributed by atoms with Crippen molar-refractivity contribution in [1.29, 1.82) is 0 Å². The smallest absolute Gasteiger partial charge is 0.870 e. The molecule has 1 heterocycles. The molecule has 1 fully saturated rings. The number of ether oxygens (including phenoxy) is 5. The molecule has 0 saturated carbocycles. The van der Waals surface area contributed by atoms with Gasteiger partial charge in [0.25, 0.3) is 0 Å². The van der Waals surface area contributed by atoms with Gasteiger partial charge in [0.15, 0.2) is 0 Å². The summed E-state index contributed by atoms with van der Waals surface area (Å²) >= 11 is 0. The van der Waals surface area contributed by atoms with Gasteiger partial charge in [-0.2, -0.15) is 0 Å². The Hall–Kier alpha value is -5.03. The van der Waals surface area contributed by atoms with Gasteiger partial charge in [0.05, 0.1) is 28.4 Å². The number of hydrogen-bond acceptors (Lipinski definition) is 13. The van der Waals surface area contributed by atoms with Crippen LogP contribution in [0.3, 0.4) is 0 Å². The number of benzene rings is 4. The summed E-state index contributed by atoms with van der Waals surface area (Å²) < 4.78 is 25.1. The van der Waals surface area contributed by atoms with Crippen LogP contribution in [-0.4, -0.2) is 92.7 Å². The van der Waals surface area contributed by atoms with Crippen LogP contribution in [0.25, 0.3) is 0 Å². The summed E-state index contributed by atoms with van der Waals surface area (Å²) in [6.45, 7) is 12.0. The third-order valence-corrected chi connectivity index (χ3v) is 8.74. The van der Waals surface area contributed by atoms with Crippen molar-refractivity contribution in [2.45, 2.75) is 40.5 Å². The third-order valence-electron chi connectivity index (χ3n) is 8.74. The summed E-state index contributed by atoms with van der Waals surface area (Å²) in [7, 11) is 5.87. The molecular weight excluding hydrogens is 991 g/mol. The molecule has 0 spiro atoms. The molecule has 0 radical (unpaired) electrons. The third kappa shape index (κ3) is 16.9. The molecule has 318 valence electrons. The summed E-state index contributed by atoms with van der Waals surface area (Å²) in [5.41, 5.74) is 1.50. The number of para-hydroxylation sites is 4. The second-order valence-corrected chi connectivity index (χ2v) is 15.0. The summed E-state index contributed by atoms with van der Waals surface area (Å²) in [4.78, 5) is 17.5. The van der Waals surface area contributed by atoms with Crippen molar-refractivity contribution in [2.24, 2.45) is 30.8 Å². The van der Waals surface area contributed by atoms with E-state index in [4.69, 9.17) is 23.7 Å². The molecule has 0 N–H and O–H groups in total. The normalized spacial score (nSPS) is 12.8. The predicted molar refractivity (Wildman–Crippen MR) is 227 cm³/mol. The first-order chi connectivity index (χ1) is 28.3. The van der Waals surface area contributed by atoms with E-state index in [0.717, 1.165) is 13.2 Å². The van der Waals surface area contributed by atoms with Gasteiger partial charge >= 0.3 is 31.1 Å². The van der Waals surface area contributed by atoms with Crippen LogP contribution in [0.5, 0.6) is 46.0 Å². The van der Waals surface area contributed by atoms with E-state index in [9.17, 15) is 20.4 Å². The van der Waals surface area contributed by atoms with Crippen molar-refractivity contribution in [3.05, 3.63) is 95.1 Å². The maximum Gasteiger partial charge on any atom is 4.00 e. The maximum absolute atomic E-state index is 12.1. The van der Waals surface area contributed by atoms with E-state index in [1.54, 1.807) is 97.7 Å². The molecule has 5 rings (SSSR count). The van der Waals surface area contributed by atoms with Crippen molar-refractivity contribution in [2.75, 3.05) is 67.8 Å². The molecule has 13 nitrogen and oxygen atoms in total. The largest absolute Gasteiger partial charge is 4.00 e. The monoisotopic (exact) mass is 1050 g/mol. The minimum absolute atomic E-state index is 0. The zero-order valence-corrected chi connectivity index (χ0v) is 40.0. The molecule has 60 heavy (non-hydrogen) atoms. The Morgan fingerprint density at radius 3 is 0.883 bits per heavy atom. The van der Waals surface area contributed by atoms with E-state index in [0.29, 0.717) is 71.4 Å². The average Bonchev–Trinajstić information content (AvgIpc) is 3.81. The van der Waals surface area contributed by atoms with Crippen molar-refractivity contribution in [3.63, 3.8) is 0 Å². The second-order valence-electron chi connectivity index (χ2n) is 15.0. The number of aliphatic imine (C=N–C) groups is 4. The van der Waals surface area contributed by atoms with Crippen LogP contribution >= 0.6 is 0 Å². The quantitative estimate of drug-likeness (QED) is 0.128. The summed E-state index contributed by atoms with van der Waals surface area (Å²) in [5.74, 6) is 0.482. The van der Waals surface area contributed by atoms with Gasteiger partial charge in [-0.15, -0.1) is 0 Å². The first kappa shape index (κ1) is 51.1. The van der Waals surface area contributed by atoms with E-state index in [1.807, 2.05) is 27.7 Å². The first-order valence-corrected chi connectivity index (χ1v) is 19.2. The Balaban J connectivity index is 0.000000364. The van der Waals surface area contributed by atoms with Gasteiger partial charge < -0.3 is 44.1 Å². The van der Waals surface area contributed by atoms with Crippen molar-refractivity contribution >= 4 is 24.9 Å². The minimum Gasteiger partial charge on any atom is -0.870 e. The van der Waals surface area contributed by atoms with E-state index >= 15 is 0 Å². The molecule has 0 unspecified atom stereocenters. The Morgan fingerprint density at radius 2 is 0.700 bits per heavy atom. The fourth-order valence-corrected chi connectivity index (χ4v) is 5.36. The minimum atomic E-state index is -0.225. The first-order valence-electron chi connectivity index (χ1n) is 19.2. The molecule has 0 aliphatic carbocycles. The average molecular weight is 1050 g/mol. The summed E-state index contributed by atoms with van der Waals surface area (Å²) in [5, 5.41) is 48.4. The summed E-state index contributed by atoms with van der Waals surface area (Å²) in [6.07, 6.45) is 8.81. The Bertz CT molecular complexity index is 1750. The van der Waals surface area contributed by atoms with E-state index in [-0.39, 0.29) is 64.9 Å². The number of hydrogen-bond donors (Lipinski definition) is 0. The SMILES string of the molecule is C1CCOC1.COc1cccc(C=NCC(C)(C)CN=Cc2cccc(OC)c2[O-])c1[O-].COc1cccc(C=NCC(C)(C)CN=Cc2cccc(OC)c2[O-])c1[O-].[U+4]. The van der Waals surface area contributed by atoms with E-state index in [1.165, 1.54) is 41.3 Å². The van der Waals surface area contributed by atoms with E-state index in [2.05, 4.69) is 20.0 Å². The van der Waals surface area contributed by atoms with Crippen molar-refractivity contribution in [3.8, 4) is 46.0 Å². The van der Waals surface area contributed by atoms with Crippen LogP contribution in [0, 0.1) is 41.9 Å². The number of methoxy groups -OCH3 is 4. The topological polar surface area (TPSA) is 188 Å². The molecule has 14 heteroatoms. The Labute approximate surface area is 378 Å². The molecule has 1 aliphatic heterocycles. The molecule has 0 amide bonds. The van der Waals surface area contributed by atoms with Gasteiger partial charge in [-0.3, -0.25) is 20.0 Å². The fourth-order valence-electron chi connectivity index (χ4n) is 5.36. The van der Waals surface area contributed by atoms with Gasteiger partial charge in [0.1, 0.15) is 23.0 Å². The van der Waals surface area contributed by atoms with Crippen LogP contribution in [-0.2, 0) is 4.74 Å². The molecule has 0 bridgehead atoms. The molecule has 0 atom stereocenters. The van der Waals surface area contributed by atoms with Gasteiger partial charge in [-0.05, 0) is 59.4 Å². The van der Waals surface area contributed by atoms with E-state index < -0.39 is 0 Å². The van der Waals surface area contributed by atoms with Crippen LogP contribution in [0.4, 0.5) is 0 Å². The Morgan fingerprint density at radius 1 is 0.467 bits per heavy atom. The van der Waals surface area contributed by atoms with Crippen LogP contribution in [0.15, 0.2) is 92.8 Å².